The molecule has 2 amide bonds. The van der Waals surface area contributed by atoms with E-state index in [1.807, 2.05) is 0 Å². The van der Waals surface area contributed by atoms with E-state index in [9.17, 15) is 18.0 Å². The summed E-state index contributed by atoms with van der Waals surface area (Å²) in [6.07, 6.45) is 0.387. The van der Waals surface area contributed by atoms with Crippen molar-refractivity contribution in [2.45, 2.75) is 12.5 Å². The van der Waals surface area contributed by atoms with Gasteiger partial charge in [-0.1, -0.05) is 23.2 Å². The Kier molecular flexibility index (Phi) is 6.31. The van der Waals surface area contributed by atoms with Crippen LogP contribution in [0, 0.1) is 0 Å². The molecule has 7 nitrogen and oxygen atoms in total. The van der Waals surface area contributed by atoms with E-state index in [0.29, 0.717) is 16.5 Å². The number of hydrogen-bond donors (Lipinski definition) is 2. The largest absolute Gasteiger partial charge is 0.482 e. The van der Waals surface area contributed by atoms with Gasteiger partial charge in [-0.25, -0.2) is 8.42 Å². The number of nitrogens with one attached hydrogen (secondary N) is 2. The predicted octanol–water partition coefficient (Wildman–Crippen LogP) is 0.792. The van der Waals surface area contributed by atoms with E-state index in [4.69, 9.17) is 27.9 Å². The third-order valence-electron chi connectivity index (χ3n) is 3.30. The van der Waals surface area contributed by atoms with E-state index in [0.717, 1.165) is 0 Å². The number of sulfone groups is 1. The van der Waals surface area contributed by atoms with Crippen LogP contribution in [0.2, 0.25) is 10.0 Å². The second-order valence-electron chi connectivity index (χ2n) is 5.31. The van der Waals surface area contributed by atoms with Crippen molar-refractivity contribution >= 4 is 44.9 Å². The molecule has 1 fully saturated rings. The number of ether oxygens (including phenoxy) is 1. The van der Waals surface area contributed by atoms with Crippen molar-refractivity contribution in [1.82, 2.24) is 10.6 Å². The van der Waals surface area contributed by atoms with Crippen LogP contribution >= 0.6 is 23.2 Å². The average molecular weight is 395 g/mol. The number of amides is 2. The molecule has 0 saturated carbocycles. The molecule has 2 rings (SSSR count). The summed E-state index contributed by atoms with van der Waals surface area (Å²) in [5.74, 6) is -0.701. The Morgan fingerprint density at radius 2 is 2.00 bits per heavy atom. The maximum absolute atomic E-state index is 11.7. The van der Waals surface area contributed by atoms with Gasteiger partial charge in [0.15, 0.2) is 16.4 Å². The topological polar surface area (TPSA) is 102 Å². The number of hydrogen-bond acceptors (Lipinski definition) is 5. The van der Waals surface area contributed by atoms with Crippen LogP contribution in [0.15, 0.2) is 18.2 Å². The number of carbonyl (C=O) groups excluding carboxylic acids is 2. The summed E-state index contributed by atoms with van der Waals surface area (Å²) in [7, 11) is -3.06. The zero-order chi connectivity index (χ0) is 17.7. The smallest absolute Gasteiger partial charge is 0.258 e. The van der Waals surface area contributed by atoms with E-state index in [2.05, 4.69) is 10.6 Å². The Balaban J connectivity index is 1.71. The summed E-state index contributed by atoms with van der Waals surface area (Å²) in [4.78, 5) is 23.4. The molecule has 10 heteroatoms. The first kappa shape index (κ1) is 18.8. The Morgan fingerprint density at radius 1 is 1.25 bits per heavy atom. The van der Waals surface area contributed by atoms with Gasteiger partial charge in [0, 0.05) is 17.1 Å². The van der Waals surface area contributed by atoms with Gasteiger partial charge in [0.25, 0.3) is 5.91 Å². The summed E-state index contributed by atoms with van der Waals surface area (Å²) in [6.45, 7) is -0.590. The van der Waals surface area contributed by atoms with Crippen molar-refractivity contribution in [2.75, 3.05) is 24.7 Å². The molecular weight excluding hydrogens is 379 g/mol. The molecule has 132 valence electrons. The third kappa shape index (κ3) is 5.85. The second kappa shape index (κ2) is 8.04. The van der Waals surface area contributed by atoms with Crippen molar-refractivity contribution in [3.05, 3.63) is 28.2 Å². The average Bonchev–Trinajstić information content (AvgIpc) is 2.85. The maximum Gasteiger partial charge on any atom is 0.258 e. The van der Waals surface area contributed by atoms with Crippen LogP contribution in [0.4, 0.5) is 0 Å². The van der Waals surface area contributed by atoms with Gasteiger partial charge in [-0.3, -0.25) is 9.59 Å². The highest BCUT2D eigenvalue weighted by molar-refractivity contribution is 7.91. The summed E-state index contributed by atoms with van der Waals surface area (Å²) in [6, 6.07) is 4.20. The molecule has 0 radical (unpaired) electrons. The van der Waals surface area contributed by atoms with Crippen LogP contribution in [-0.2, 0) is 19.4 Å². The molecule has 1 aliphatic rings. The first-order valence-corrected chi connectivity index (χ1v) is 9.67. The minimum atomic E-state index is -3.06. The lowest BCUT2D eigenvalue weighted by atomic mass is 10.2. The van der Waals surface area contributed by atoms with Gasteiger partial charge in [0.2, 0.25) is 5.91 Å². The minimum absolute atomic E-state index is 0.0664. The summed E-state index contributed by atoms with van der Waals surface area (Å²) >= 11 is 11.7. The second-order valence-corrected chi connectivity index (χ2v) is 8.38. The van der Waals surface area contributed by atoms with Crippen molar-refractivity contribution < 1.29 is 22.7 Å². The SMILES string of the molecule is O=C(COc1cc(Cl)ccc1Cl)NCC(=O)NC1CCS(=O)(=O)C1. The highest BCUT2D eigenvalue weighted by atomic mass is 35.5. The van der Waals surface area contributed by atoms with Crippen molar-refractivity contribution in [2.24, 2.45) is 0 Å². The van der Waals surface area contributed by atoms with Crippen LogP contribution in [0.5, 0.6) is 5.75 Å². The summed E-state index contributed by atoms with van der Waals surface area (Å²) < 4.78 is 27.8. The van der Waals surface area contributed by atoms with E-state index in [1.54, 1.807) is 12.1 Å². The van der Waals surface area contributed by atoms with Gasteiger partial charge in [-0.05, 0) is 18.6 Å². The molecular formula is C14H16Cl2N2O5S. The lowest BCUT2D eigenvalue weighted by Crippen LogP contribution is -2.43. The molecule has 1 unspecified atom stereocenters. The van der Waals surface area contributed by atoms with E-state index in [-0.39, 0.29) is 30.4 Å². The van der Waals surface area contributed by atoms with Crippen LogP contribution < -0.4 is 15.4 Å². The normalized spacial score (nSPS) is 18.8. The fraction of sp³-hybridized carbons (Fsp3) is 0.429. The molecule has 1 aromatic carbocycles. The molecule has 0 bridgehead atoms. The Labute approximate surface area is 149 Å². The van der Waals surface area contributed by atoms with Crippen molar-refractivity contribution in [3.8, 4) is 5.75 Å². The number of rotatable bonds is 6. The monoisotopic (exact) mass is 394 g/mol. The molecule has 1 atom stereocenters. The quantitative estimate of drug-likeness (QED) is 0.742. The fourth-order valence-corrected chi connectivity index (χ4v) is 4.16. The highest BCUT2D eigenvalue weighted by Gasteiger charge is 2.28. The van der Waals surface area contributed by atoms with E-state index in [1.165, 1.54) is 6.07 Å². The lowest BCUT2D eigenvalue weighted by Gasteiger charge is -2.12. The van der Waals surface area contributed by atoms with Gasteiger partial charge in [0.1, 0.15) is 5.75 Å². The summed E-state index contributed by atoms with van der Waals surface area (Å²) in [5.41, 5.74) is 0. The molecule has 1 aliphatic heterocycles. The van der Waals surface area contributed by atoms with Gasteiger partial charge in [-0.2, -0.15) is 0 Å². The zero-order valence-electron chi connectivity index (χ0n) is 12.6. The molecule has 24 heavy (non-hydrogen) atoms. The molecule has 1 heterocycles. The highest BCUT2D eigenvalue weighted by Crippen LogP contribution is 2.27. The Bertz CT molecular complexity index is 739. The zero-order valence-corrected chi connectivity index (χ0v) is 14.9. The van der Waals surface area contributed by atoms with E-state index >= 15 is 0 Å². The summed E-state index contributed by atoms with van der Waals surface area (Å²) in [5, 5.41) is 5.68. The fourth-order valence-electron chi connectivity index (χ4n) is 2.15. The van der Waals surface area contributed by atoms with Crippen LogP contribution in [0.3, 0.4) is 0 Å². The number of carbonyl (C=O) groups is 2. The van der Waals surface area contributed by atoms with Gasteiger partial charge < -0.3 is 15.4 Å². The standard InChI is InChI=1S/C14H16Cl2N2O5S/c15-9-1-2-11(16)12(5-9)23-7-14(20)17-6-13(19)18-10-3-4-24(21,22)8-10/h1-2,5,10H,3-4,6-8H2,(H,17,20)(H,18,19). The molecule has 0 aromatic heterocycles. The molecule has 1 saturated heterocycles. The number of halogens is 2. The third-order valence-corrected chi connectivity index (χ3v) is 5.61. The van der Waals surface area contributed by atoms with Crippen LogP contribution in [0.1, 0.15) is 6.42 Å². The maximum atomic E-state index is 11.7. The predicted molar refractivity (Wildman–Crippen MR) is 90.2 cm³/mol. The van der Waals surface area contributed by atoms with Crippen LogP contribution in [-0.4, -0.2) is 50.9 Å². The van der Waals surface area contributed by atoms with Crippen molar-refractivity contribution in [1.29, 1.82) is 0 Å². The minimum Gasteiger partial charge on any atom is -0.482 e. The molecule has 0 aliphatic carbocycles. The van der Waals surface area contributed by atoms with Gasteiger partial charge >= 0.3 is 0 Å². The lowest BCUT2D eigenvalue weighted by molar-refractivity contribution is -0.127. The molecule has 2 N–H and O–H groups in total. The molecule has 1 aromatic rings. The Morgan fingerprint density at radius 3 is 2.67 bits per heavy atom. The Hall–Kier alpha value is -1.51. The molecule has 0 spiro atoms. The number of benzene rings is 1. The van der Waals surface area contributed by atoms with Crippen LogP contribution in [0.25, 0.3) is 0 Å². The first-order valence-electron chi connectivity index (χ1n) is 7.09. The van der Waals surface area contributed by atoms with Gasteiger partial charge in [0.05, 0.1) is 23.1 Å². The van der Waals surface area contributed by atoms with Gasteiger partial charge in [-0.15, -0.1) is 0 Å². The van der Waals surface area contributed by atoms with Crippen molar-refractivity contribution in [3.63, 3.8) is 0 Å². The van der Waals surface area contributed by atoms with E-state index < -0.39 is 27.7 Å². The first-order chi connectivity index (χ1) is 11.2.